The Morgan fingerprint density at radius 3 is 2.50 bits per heavy atom. The minimum Gasteiger partial charge on any atom is -0.507 e. The van der Waals surface area contributed by atoms with Crippen molar-refractivity contribution >= 4 is 39.9 Å². The molecule has 2 aromatic carbocycles. The van der Waals surface area contributed by atoms with E-state index >= 15 is 0 Å². The van der Waals surface area contributed by atoms with Gasteiger partial charge >= 0.3 is 11.9 Å². The molecule has 0 bridgehead atoms. The van der Waals surface area contributed by atoms with E-state index < -0.39 is 29.5 Å². The zero-order chi connectivity index (χ0) is 27.6. The van der Waals surface area contributed by atoms with E-state index in [9.17, 15) is 23.9 Å². The maximum atomic E-state index is 13.8. The lowest BCUT2D eigenvalue weighted by atomic mass is 9.95. The van der Waals surface area contributed by atoms with Gasteiger partial charge in [0.15, 0.2) is 5.13 Å². The number of ether oxygens (including phenoxy) is 2. The highest BCUT2D eigenvalue weighted by Crippen LogP contribution is 2.44. The van der Waals surface area contributed by atoms with E-state index in [1.54, 1.807) is 25.1 Å². The van der Waals surface area contributed by atoms with E-state index in [1.807, 2.05) is 6.92 Å². The normalized spacial score (nSPS) is 16.7. The lowest BCUT2D eigenvalue weighted by Gasteiger charge is -2.23. The Morgan fingerprint density at radius 2 is 1.87 bits per heavy atom. The Bertz CT molecular complexity index is 1430. The van der Waals surface area contributed by atoms with Crippen molar-refractivity contribution in [3.63, 3.8) is 0 Å². The van der Waals surface area contributed by atoms with Crippen molar-refractivity contribution in [1.29, 1.82) is 0 Å². The summed E-state index contributed by atoms with van der Waals surface area (Å²) in [7, 11) is 1.23. The van der Waals surface area contributed by atoms with Gasteiger partial charge in [-0.1, -0.05) is 36.8 Å². The van der Waals surface area contributed by atoms with Crippen LogP contribution < -0.4 is 9.64 Å². The Kier molecular flexibility index (Phi) is 7.91. The molecule has 1 fully saturated rings. The van der Waals surface area contributed by atoms with Crippen LogP contribution in [-0.2, 0) is 14.3 Å². The summed E-state index contributed by atoms with van der Waals surface area (Å²) in [5, 5.41) is 11.4. The minimum atomic E-state index is -1.10. The second-order valence-electron chi connectivity index (χ2n) is 8.81. The quantitative estimate of drug-likeness (QED) is 0.133. The highest BCUT2D eigenvalue weighted by atomic mass is 32.1. The summed E-state index contributed by atoms with van der Waals surface area (Å²) in [6.45, 7) is 6.02. The molecule has 0 unspecified atom stereocenters. The van der Waals surface area contributed by atoms with Crippen LogP contribution in [0.5, 0.6) is 5.75 Å². The van der Waals surface area contributed by atoms with Crippen LogP contribution in [0.15, 0.2) is 48.0 Å². The van der Waals surface area contributed by atoms with Crippen LogP contribution in [-0.4, -0.2) is 41.5 Å². The third-order valence-electron chi connectivity index (χ3n) is 6.20. The first kappa shape index (κ1) is 27.0. The van der Waals surface area contributed by atoms with Crippen LogP contribution >= 0.6 is 11.3 Å². The highest BCUT2D eigenvalue weighted by Gasteiger charge is 2.48. The van der Waals surface area contributed by atoms with E-state index in [0.29, 0.717) is 29.2 Å². The molecule has 198 valence electrons. The number of esters is 1. The maximum absolute atomic E-state index is 13.8. The predicted octanol–water partition coefficient (Wildman–Crippen LogP) is 5.49. The Balaban J connectivity index is 1.84. The first-order valence-corrected chi connectivity index (χ1v) is 12.9. The van der Waals surface area contributed by atoms with Crippen molar-refractivity contribution in [3.05, 3.63) is 81.1 Å². The van der Waals surface area contributed by atoms with Crippen LogP contribution in [0.4, 0.5) is 9.52 Å². The number of hydrogen-bond donors (Lipinski definition) is 1. The Hall–Kier alpha value is -4.05. The van der Waals surface area contributed by atoms with Gasteiger partial charge in [-0.15, -0.1) is 0 Å². The number of methoxy groups -OCH3 is 1. The number of amides is 1. The van der Waals surface area contributed by atoms with Crippen molar-refractivity contribution < 1.29 is 33.4 Å². The van der Waals surface area contributed by atoms with Crippen LogP contribution in [0.3, 0.4) is 0 Å². The minimum absolute atomic E-state index is 0.0780. The molecule has 0 spiro atoms. The molecule has 4 rings (SSSR count). The summed E-state index contributed by atoms with van der Waals surface area (Å²) in [4.78, 5) is 44.5. The van der Waals surface area contributed by atoms with Gasteiger partial charge in [-0.25, -0.2) is 14.2 Å². The Morgan fingerprint density at radius 1 is 1.16 bits per heavy atom. The average molecular weight is 539 g/mol. The monoisotopic (exact) mass is 538 g/mol. The molecule has 3 aromatic rings. The molecule has 1 aromatic heterocycles. The van der Waals surface area contributed by atoms with Crippen LogP contribution in [0.25, 0.3) is 5.76 Å². The summed E-state index contributed by atoms with van der Waals surface area (Å²) >= 11 is 0.893. The van der Waals surface area contributed by atoms with Crippen LogP contribution in [0.1, 0.15) is 57.9 Å². The number of aliphatic hydroxyl groups excluding tert-OH is 1. The lowest BCUT2D eigenvalue weighted by molar-refractivity contribution is -0.132. The molecule has 1 N–H and O–H groups in total. The van der Waals surface area contributed by atoms with E-state index in [1.165, 1.54) is 31.4 Å². The number of carbonyl (C=O) groups is 3. The second kappa shape index (κ2) is 11.1. The summed E-state index contributed by atoms with van der Waals surface area (Å²) < 4.78 is 24.3. The second-order valence-corrected chi connectivity index (χ2v) is 9.78. The molecule has 1 atom stereocenters. The number of benzene rings is 2. The molecule has 1 saturated heterocycles. The third kappa shape index (κ3) is 5.04. The number of nitrogens with zero attached hydrogens (tertiary/aromatic N) is 2. The topological polar surface area (TPSA) is 106 Å². The molecule has 1 amide bonds. The first-order chi connectivity index (χ1) is 18.2. The predicted molar refractivity (Wildman–Crippen MR) is 141 cm³/mol. The lowest BCUT2D eigenvalue weighted by Crippen LogP contribution is -2.29. The van der Waals surface area contributed by atoms with Gasteiger partial charge in [-0.2, -0.15) is 0 Å². The molecule has 8 nitrogen and oxygen atoms in total. The smallest absolute Gasteiger partial charge is 0.350 e. The number of hydrogen-bond acceptors (Lipinski definition) is 8. The van der Waals surface area contributed by atoms with Crippen LogP contribution in [0, 0.1) is 19.7 Å². The van der Waals surface area contributed by atoms with Gasteiger partial charge in [0.1, 0.15) is 22.2 Å². The highest BCUT2D eigenvalue weighted by molar-refractivity contribution is 7.17. The van der Waals surface area contributed by atoms with Gasteiger partial charge in [-0.3, -0.25) is 14.5 Å². The molecular formula is C28H27FN2O6S. The molecule has 0 saturated carbocycles. The van der Waals surface area contributed by atoms with Crippen molar-refractivity contribution in [2.24, 2.45) is 0 Å². The summed E-state index contributed by atoms with van der Waals surface area (Å²) in [6, 6.07) is 9.16. The van der Waals surface area contributed by atoms with Crippen molar-refractivity contribution in [3.8, 4) is 5.75 Å². The van der Waals surface area contributed by atoms with Gasteiger partial charge in [0.25, 0.3) is 5.78 Å². The fourth-order valence-electron chi connectivity index (χ4n) is 4.20. The molecule has 38 heavy (non-hydrogen) atoms. The summed E-state index contributed by atoms with van der Waals surface area (Å²) in [5.41, 5.74) is 1.60. The number of unbranched alkanes of at least 4 members (excludes halogenated alkanes) is 1. The average Bonchev–Trinajstić information content (AvgIpc) is 3.41. The van der Waals surface area contributed by atoms with Crippen molar-refractivity contribution in [2.45, 2.75) is 39.7 Å². The van der Waals surface area contributed by atoms with E-state index in [4.69, 9.17) is 9.47 Å². The number of rotatable bonds is 8. The summed E-state index contributed by atoms with van der Waals surface area (Å²) in [5.74, 6) is -2.72. The number of aryl methyl sites for hydroxylation is 2. The standard InChI is InChI=1S/C28H27FN2O6S/c1-5-6-13-37-20-12-9-18(14-15(20)2)23(32)21-22(17-7-10-19(29)11-8-17)31(26(34)24(21)33)28-30-16(3)25(38-28)27(35)36-4/h7-12,14,22,32H,5-6,13H2,1-4H3/b23-21+/t22-/m0/s1. The molecule has 10 heteroatoms. The van der Waals surface area contributed by atoms with Gasteiger partial charge in [0.05, 0.1) is 31.0 Å². The number of aliphatic hydroxyl groups is 1. The van der Waals surface area contributed by atoms with Gasteiger partial charge in [0, 0.05) is 5.56 Å². The molecular weight excluding hydrogens is 511 g/mol. The largest absolute Gasteiger partial charge is 0.507 e. The molecule has 0 radical (unpaired) electrons. The fraction of sp³-hybridized carbons (Fsp3) is 0.286. The van der Waals surface area contributed by atoms with Gasteiger partial charge in [0.2, 0.25) is 0 Å². The molecule has 2 heterocycles. The Labute approximate surface area is 223 Å². The number of carbonyl (C=O) groups excluding carboxylic acids is 3. The zero-order valence-electron chi connectivity index (χ0n) is 21.4. The zero-order valence-corrected chi connectivity index (χ0v) is 22.2. The van der Waals surface area contributed by atoms with E-state index in [0.717, 1.165) is 34.6 Å². The number of anilines is 1. The SMILES string of the molecule is CCCCOc1ccc(/C(O)=C2\C(=O)C(=O)N(c3nc(C)c(C(=O)OC)s3)[C@H]2c2ccc(F)cc2)cc1C. The molecule has 1 aliphatic heterocycles. The maximum Gasteiger partial charge on any atom is 0.350 e. The number of aromatic nitrogens is 1. The number of Topliss-reactive ketones (excluding diaryl/α,β-unsaturated/α-hetero) is 1. The third-order valence-corrected chi connectivity index (χ3v) is 7.33. The van der Waals surface area contributed by atoms with Gasteiger partial charge < -0.3 is 14.6 Å². The van der Waals surface area contributed by atoms with E-state index in [-0.39, 0.29) is 21.3 Å². The first-order valence-electron chi connectivity index (χ1n) is 12.0. The van der Waals surface area contributed by atoms with Gasteiger partial charge in [-0.05, 0) is 61.7 Å². The molecule has 1 aliphatic rings. The fourth-order valence-corrected chi connectivity index (χ4v) is 5.21. The number of thiazole rings is 1. The summed E-state index contributed by atoms with van der Waals surface area (Å²) in [6.07, 6.45) is 1.89. The van der Waals surface area contributed by atoms with Crippen molar-refractivity contribution in [1.82, 2.24) is 4.98 Å². The molecule has 0 aliphatic carbocycles. The van der Waals surface area contributed by atoms with Crippen LogP contribution in [0.2, 0.25) is 0 Å². The number of halogens is 1. The van der Waals surface area contributed by atoms with Crippen molar-refractivity contribution in [2.75, 3.05) is 18.6 Å². The van der Waals surface area contributed by atoms with E-state index in [2.05, 4.69) is 11.9 Å². The number of ketones is 1.